The highest BCUT2D eigenvalue weighted by Gasteiger charge is 2.62. The average Bonchev–Trinajstić information content (AvgIpc) is 3.66. The molecule has 5 aliphatic carbocycles. The minimum atomic E-state index is 0.0722. The predicted molar refractivity (Wildman–Crippen MR) is 279 cm³/mol. The molecule has 1 spiro atoms. The Labute approximate surface area is 386 Å². The van der Waals surface area contributed by atoms with Gasteiger partial charge in [0.2, 0.25) is 0 Å². The second-order valence-electron chi connectivity index (χ2n) is 20.3. The fourth-order valence-electron chi connectivity index (χ4n) is 15.0. The standard InChI is InChI=1S/C66H48/c1-3-20-49-42(14-1)16-12-29-54(49)64-57-26-9-7-24-55(57)63(56-25-8-10-27-58(56)64)46-19-11-17-44(37-46)50-21-5-6-23-52(50)53-28-13-18-45-38-61-59-31-30-43-15-2-4-22-51(43)65(59)66(62(61)39-60(45)53)47-33-40-32-41(35-47)36-48(66)34-40/h1-31,37-41,47-48H,32-36H2. The van der Waals surface area contributed by atoms with Crippen molar-refractivity contribution in [2.45, 2.75) is 37.5 Å². The molecule has 0 aliphatic heterocycles. The van der Waals surface area contributed by atoms with Gasteiger partial charge >= 0.3 is 0 Å². The molecule has 0 heterocycles. The van der Waals surface area contributed by atoms with Gasteiger partial charge in [0.25, 0.3) is 0 Å². The van der Waals surface area contributed by atoms with Gasteiger partial charge in [-0.25, -0.2) is 0 Å². The lowest BCUT2D eigenvalue weighted by Crippen LogP contribution is -2.55. The van der Waals surface area contributed by atoms with Crippen LogP contribution in [0.1, 0.15) is 43.2 Å². The maximum Gasteiger partial charge on any atom is 0.0278 e. The molecule has 0 unspecified atom stereocenters. The zero-order valence-corrected chi connectivity index (χ0v) is 37.0. The van der Waals surface area contributed by atoms with Gasteiger partial charge in [-0.1, -0.05) is 188 Å². The van der Waals surface area contributed by atoms with Gasteiger partial charge in [-0.2, -0.15) is 0 Å². The van der Waals surface area contributed by atoms with Crippen LogP contribution in [0.15, 0.2) is 206 Å². The first-order valence-electron chi connectivity index (χ1n) is 24.4. The molecule has 0 aromatic heterocycles. The Morgan fingerprint density at radius 2 is 0.803 bits per heavy atom. The van der Waals surface area contributed by atoms with Crippen molar-refractivity contribution in [3.05, 3.63) is 217 Å². The van der Waals surface area contributed by atoms with E-state index in [2.05, 4.69) is 206 Å². The molecule has 4 fully saturated rings. The molecule has 16 rings (SSSR count). The number of hydrogen-bond donors (Lipinski definition) is 0. The van der Waals surface area contributed by atoms with Crippen LogP contribution in [0.2, 0.25) is 0 Å². The third-order valence-electron chi connectivity index (χ3n) is 17.2. The molecule has 0 radical (unpaired) electrons. The van der Waals surface area contributed by atoms with Gasteiger partial charge in [0.1, 0.15) is 0 Å². The third kappa shape index (κ3) is 5.05. The van der Waals surface area contributed by atoms with Gasteiger partial charge in [-0.15, -0.1) is 0 Å². The van der Waals surface area contributed by atoms with Crippen LogP contribution in [0, 0.1) is 23.7 Å². The quantitative estimate of drug-likeness (QED) is 0.155. The average molecular weight is 841 g/mol. The van der Waals surface area contributed by atoms with Crippen LogP contribution < -0.4 is 0 Å². The molecule has 0 saturated heterocycles. The lowest BCUT2D eigenvalue weighted by Gasteiger charge is -2.61. The van der Waals surface area contributed by atoms with E-state index in [9.17, 15) is 0 Å². The summed E-state index contributed by atoms with van der Waals surface area (Å²) in [4.78, 5) is 0. The van der Waals surface area contributed by atoms with Crippen molar-refractivity contribution in [3.63, 3.8) is 0 Å². The molecule has 0 nitrogen and oxygen atoms in total. The zero-order valence-electron chi connectivity index (χ0n) is 37.0. The van der Waals surface area contributed by atoms with Gasteiger partial charge in [0, 0.05) is 5.41 Å². The predicted octanol–water partition coefficient (Wildman–Crippen LogP) is 17.8. The summed E-state index contributed by atoms with van der Waals surface area (Å²) >= 11 is 0. The number of rotatable bonds is 4. The van der Waals surface area contributed by atoms with Gasteiger partial charge in [-0.05, 0) is 195 Å². The minimum Gasteiger partial charge on any atom is -0.0616 e. The van der Waals surface area contributed by atoms with Crippen molar-refractivity contribution < 1.29 is 0 Å². The lowest BCUT2D eigenvalue weighted by atomic mass is 9.43. The second kappa shape index (κ2) is 13.9. The highest BCUT2D eigenvalue weighted by Crippen LogP contribution is 2.70. The van der Waals surface area contributed by atoms with Gasteiger partial charge in [0.15, 0.2) is 0 Å². The number of benzene rings is 11. The second-order valence-corrected chi connectivity index (χ2v) is 20.3. The Morgan fingerprint density at radius 3 is 1.52 bits per heavy atom. The van der Waals surface area contributed by atoms with E-state index in [0.717, 1.165) is 11.8 Å². The summed E-state index contributed by atoms with van der Waals surface area (Å²) in [5, 5.41) is 13.3. The SMILES string of the molecule is c1cc(-c2ccccc2-c2cccc3cc4c(cc23)C2(c3c-4ccc4ccccc34)C3CC4CC(C3)CC2C4)cc(-c2c3ccccc3c(-c3cccc4ccccc34)c3ccccc23)c1. The molecule has 0 atom stereocenters. The Balaban J connectivity index is 0.921. The van der Waals surface area contributed by atoms with E-state index in [-0.39, 0.29) is 5.41 Å². The molecule has 0 N–H and O–H groups in total. The summed E-state index contributed by atoms with van der Waals surface area (Å²) < 4.78 is 0. The molecular formula is C66H48. The van der Waals surface area contributed by atoms with Crippen molar-refractivity contribution >= 4 is 53.9 Å². The van der Waals surface area contributed by atoms with E-state index in [1.165, 1.54) is 142 Å². The summed E-state index contributed by atoms with van der Waals surface area (Å²) in [7, 11) is 0. The molecule has 4 saturated carbocycles. The summed E-state index contributed by atoms with van der Waals surface area (Å²) in [5.74, 6) is 3.20. The highest BCUT2D eigenvalue weighted by atomic mass is 14.6. The number of hydrogen-bond acceptors (Lipinski definition) is 0. The van der Waals surface area contributed by atoms with Crippen molar-refractivity contribution in [3.8, 4) is 55.6 Å². The monoisotopic (exact) mass is 840 g/mol. The molecule has 0 heteroatoms. The van der Waals surface area contributed by atoms with Crippen LogP contribution in [0.25, 0.3) is 109 Å². The van der Waals surface area contributed by atoms with E-state index in [1.54, 1.807) is 11.1 Å². The van der Waals surface area contributed by atoms with Crippen molar-refractivity contribution in [1.29, 1.82) is 0 Å². The maximum atomic E-state index is 2.71. The van der Waals surface area contributed by atoms with Crippen LogP contribution in [0.3, 0.4) is 0 Å². The fraction of sp³-hybridized carbons (Fsp3) is 0.152. The van der Waals surface area contributed by atoms with E-state index >= 15 is 0 Å². The topological polar surface area (TPSA) is 0 Å². The van der Waals surface area contributed by atoms with Crippen LogP contribution in [0.5, 0.6) is 0 Å². The Morgan fingerprint density at radius 1 is 0.288 bits per heavy atom. The Kier molecular flexibility index (Phi) is 7.77. The highest BCUT2D eigenvalue weighted by molar-refractivity contribution is 6.23. The van der Waals surface area contributed by atoms with Gasteiger partial charge in [0.05, 0.1) is 0 Å². The first-order valence-corrected chi connectivity index (χ1v) is 24.4. The third-order valence-corrected chi connectivity index (χ3v) is 17.2. The van der Waals surface area contributed by atoms with E-state index in [0.29, 0.717) is 11.8 Å². The molecular weight excluding hydrogens is 793 g/mol. The van der Waals surface area contributed by atoms with Gasteiger partial charge in [-0.3, -0.25) is 0 Å². The summed E-state index contributed by atoms with van der Waals surface area (Å²) in [6.45, 7) is 0. The normalized spacial score (nSPS) is 21.4. The zero-order chi connectivity index (χ0) is 43.1. The number of fused-ring (bicyclic) bond motifs is 9. The van der Waals surface area contributed by atoms with Crippen molar-refractivity contribution in [2.24, 2.45) is 23.7 Å². The summed E-state index contributed by atoms with van der Waals surface area (Å²) in [5.41, 5.74) is 16.6. The van der Waals surface area contributed by atoms with Crippen LogP contribution in [0.4, 0.5) is 0 Å². The molecule has 0 amide bonds. The molecule has 4 bridgehead atoms. The molecule has 11 aromatic carbocycles. The lowest BCUT2D eigenvalue weighted by molar-refractivity contribution is -0.0393. The minimum absolute atomic E-state index is 0.0722. The first-order chi connectivity index (χ1) is 32.7. The van der Waals surface area contributed by atoms with Crippen molar-refractivity contribution in [2.75, 3.05) is 0 Å². The summed E-state index contributed by atoms with van der Waals surface area (Å²) in [6.07, 6.45) is 6.98. The summed E-state index contributed by atoms with van der Waals surface area (Å²) in [6, 6.07) is 78.8. The smallest absolute Gasteiger partial charge is 0.0278 e. The molecule has 312 valence electrons. The van der Waals surface area contributed by atoms with E-state index in [1.807, 2.05) is 0 Å². The maximum absolute atomic E-state index is 2.71. The van der Waals surface area contributed by atoms with Gasteiger partial charge < -0.3 is 0 Å². The molecule has 66 heavy (non-hydrogen) atoms. The van der Waals surface area contributed by atoms with Crippen LogP contribution in [-0.2, 0) is 5.41 Å². The molecule has 11 aromatic rings. The molecule has 5 aliphatic rings. The first kappa shape index (κ1) is 37.0. The fourth-order valence-corrected chi connectivity index (χ4v) is 15.0. The van der Waals surface area contributed by atoms with Crippen LogP contribution >= 0.6 is 0 Å². The van der Waals surface area contributed by atoms with Crippen LogP contribution in [-0.4, -0.2) is 0 Å². The largest absolute Gasteiger partial charge is 0.0616 e. The van der Waals surface area contributed by atoms with E-state index in [4.69, 9.17) is 0 Å². The Bertz CT molecular complexity index is 3750. The Hall–Kier alpha value is -7.28. The van der Waals surface area contributed by atoms with Crippen molar-refractivity contribution in [1.82, 2.24) is 0 Å². The van der Waals surface area contributed by atoms with E-state index < -0.39 is 0 Å².